The van der Waals surface area contributed by atoms with E-state index in [0.717, 1.165) is 50.1 Å². The van der Waals surface area contributed by atoms with Crippen LogP contribution in [-0.2, 0) is 0 Å². The average Bonchev–Trinajstić information content (AvgIpc) is 3.89. The molecule has 0 bridgehead atoms. The standard InChI is InChI=1S/C56H35NOS/c1-2-14-37(15-3-1)42-23-12-26-49-50-27-13-28-52(56(50)59-55(42)49)57(39-32-30-38(31-33-39)41-22-11-25-48-47-21-8-9-29-53(47)58-54(41)48)51-35-34-45(44-19-6-7-20-46(44)51)43-24-10-17-36-16-4-5-18-40(36)43/h1-35H. The van der Waals surface area contributed by atoms with Crippen LogP contribution in [0.3, 0.4) is 0 Å². The molecule has 0 unspecified atom stereocenters. The van der Waals surface area contributed by atoms with Gasteiger partial charge in [-0.1, -0.05) is 182 Å². The van der Waals surface area contributed by atoms with Gasteiger partial charge in [-0.3, -0.25) is 0 Å². The third-order valence-electron chi connectivity index (χ3n) is 11.9. The van der Waals surface area contributed by atoms with Gasteiger partial charge in [-0.25, -0.2) is 0 Å². The summed E-state index contributed by atoms with van der Waals surface area (Å²) in [6.45, 7) is 0. The highest BCUT2D eigenvalue weighted by Crippen LogP contribution is 2.49. The topological polar surface area (TPSA) is 16.4 Å². The number of hydrogen-bond donors (Lipinski definition) is 0. The second-order valence-electron chi connectivity index (χ2n) is 15.2. The van der Waals surface area contributed by atoms with Crippen LogP contribution in [0.1, 0.15) is 0 Å². The van der Waals surface area contributed by atoms with E-state index in [9.17, 15) is 0 Å². The molecular formula is C56H35NOS. The smallest absolute Gasteiger partial charge is 0.143 e. The SMILES string of the molecule is c1ccc(-c2cccc3c2sc2c(N(c4ccc(-c5cccc6c5oc5ccccc56)cc4)c4ccc(-c5cccc6ccccc56)c5ccccc45)cccc23)cc1. The Bertz CT molecular complexity index is 3550. The second-order valence-corrected chi connectivity index (χ2v) is 16.2. The van der Waals surface area contributed by atoms with E-state index >= 15 is 0 Å². The van der Waals surface area contributed by atoms with Gasteiger partial charge in [0.2, 0.25) is 0 Å². The number of para-hydroxylation sites is 2. The minimum absolute atomic E-state index is 0.906. The molecule has 12 aromatic rings. The summed E-state index contributed by atoms with van der Waals surface area (Å²) in [5, 5.41) is 9.71. The van der Waals surface area contributed by atoms with Crippen LogP contribution in [0.25, 0.3) is 97.0 Å². The second kappa shape index (κ2) is 13.6. The molecule has 276 valence electrons. The summed E-state index contributed by atoms with van der Waals surface area (Å²) >= 11 is 1.88. The molecule has 0 fully saturated rings. The van der Waals surface area contributed by atoms with E-state index in [-0.39, 0.29) is 0 Å². The van der Waals surface area contributed by atoms with Crippen molar-refractivity contribution in [3.05, 3.63) is 212 Å². The van der Waals surface area contributed by atoms with Gasteiger partial charge in [0.15, 0.2) is 0 Å². The van der Waals surface area contributed by atoms with E-state index in [1.807, 2.05) is 23.5 Å². The molecule has 0 aliphatic carbocycles. The van der Waals surface area contributed by atoms with Crippen LogP contribution in [0.15, 0.2) is 217 Å². The number of furan rings is 1. The number of fused-ring (bicyclic) bond motifs is 8. The Morgan fingerprint density at radius 2 is 0.898 bits per heavy atom. The van der Waals surface area contributed by atoms with E-state index in [1.165, 1.54) is 64.0 Å². The van der Waals surface area contributed by atoms with E-state index in [4.69, 9.17) is 4.42 Å². The van der Waals surface area contributed by atoms with Crippen LogP contribution in [-0.4, -0.2) is 0 Å². The third-order valence-corrected chi connectivity index (χ3v) is 13.2. The zero-order valence-electron chi connectivity index (χ0n) is 32.0. The van der Waals surface area contributed by atoms with Crippen molar-refractivity contribution in [2.45, 2.75) is 0 Å². The predicted molar refractivity (Wildman–Crippen MR) is 253 cm³/mol. The average molecular weight is 770 g/mol. The van der Waals surface area contributed by atoms with Crippen molar-refractivity contribution in [1.82, 2.24) is 0 Å². The molecule has 59 heavy (non-hydrogen) atoms. The highest BCUT2D eigenvalue weighted by Gasteiger charge is 2.23. The fraction of sp³-hybridized carbons (Fsp3) is 0. The fourth-order valence-electron chi connectivity index (χ4n) is 9.17. The molecule has 2 heterocycles. The lowest BCUT2D eigenvalue weighted by atomic mass is 9.93. The molecule has 2 nitrogen and oxygen atoms in total. The summed E-state index contributed by atoms with van der Waals surface area (Å²) in [6.07, 6.45) is 0. The molecule has 0 aliphatic heterocycles. The van der Waals surface area contributed by atoms with Gasteiger partial charge in [0.25, 0.3) is 0 Å². The zero-order chi connectivity index (χ0) is 38.9. The Kier molecular flexibility index (Phi) is 7.75. The maximum absolute atomic E-state index is 6.49. The molecule has 0 spiro atoms. The van der Waals surface area contributed by atoms with Crippen LogP contribution in [0.4, 0.5) is 17.1 Å². The van der Waals surface area contributed by atoms with Gasteiger partial charge in [-0.05, 0) is 74.3 Å². The zero-order valence-corrected chi connectivity index (χ0v) is 32.8. The number of rotatable bonds is 6. The predicted octanol–water partition coefficient (Wildman–Crippen LogP) is 16.7. The number of benzene rings is 10. The van der Waals surface area contributed by atoms with Crippen molar-refractivity contribution < 1.29 is 4.42 Å². The molecule has 10 aromatic carbocycles. The van der Waals surface area contributed by atoms with Gasteiger partial charge in [0, 0.05) is 42.9 Å². The largest absolute Gasteiger partial charge is 0.455 e. The Morgan fingerprint density at radius 3 is 1.75 bits per heavy atom. The van der Waals surface area contributed by atoms with Crippen molar-refractivity contribution in [2.75, 3.05) is 4.90 Å². The first-order chi connectivity index (χ1) is 29.3. The van der Waals surface area contributed by atoms with Gasteiger partial charge in [-0.15, -0.1) is 11.3 Å². The molecule has 12 rings (SSSR count). The highest BCUT2D eigenvalue weighted by atomic mass is 32.1. The van der Waals surface area contributed by atoms with Crippen molar-refractivity contribution in [2.24, 2.45) is 0 Å². The Labute approximate surface area is 345 Å². The number of thiophene rings is 1. The van der Waals surface area contributed by atoms with E-state index in [1.54, 1.807) is 0 Å². The quantitative estimate of drug-likeness (QED) is 0.167. The third kappa shape index (κ3) is 5.40. The summed E-state index contributed by atoms with van der Waals surface area (Å²) in [5.74, 6) is 0. The Balaban J connectivity index is 1.09. The number of anilines is 3. The van der Waals surface area contributed by atoms with Crippen LogP contribution < -0.4 is 4.90 Å². The maximum atomic E-state index is 6.49. The molecule has 0 N–H and O–H groups in total. The van der Waals surface area contributed by atoms with Crippen molar-refractivity contribution in [1.29, 1.82) is 0 Å². The molecule has 2 aromatic heterocycles. The van der Waals surface area contributed by atoms with E-state index in [2.05, 4.69) is 205 Å². The van der Waals surface area contributed by atoms with Crippen LogP contribution >= 0.6 is 11.3 Å². The van der Waals surface area contributed by atoms with Gasteiger partial charge in [-0.2, -0.15) is 0 Å². The summed E-state index contributed by atoms with van der Waals surface area (Å²) in [6, 6.07) is 76.9. The lowest BCUT2D eigenvalue weighted by molar-refractivity contribution is 0.670. The molecule has 0 radical (unpaired) electrons. The van der Waals surface area contributed by atoms with Gasteiger partial charge in [0.1, 0.15) is 11.2 Å². The van der Waals surface area contributed by atoms with E-state index < -0.39 is 0 Å². The molecule has 0 saturated carbocycles. The molecule has 0 saturated heterocycles. The van der Waals surface area contributed by atoms with E-state index in [0.29, 0.717) is 0 Å². The first kappa shape index (κ1) is 33.7. The highest BCUT2D eigenvalue weighted by molar-refractivity contribution is 7.27. The first-order valence-corrected chi connectivity index (χ1v) is 20.9. The van der Waals surface area contributed by atoms with Crippen LogP contribution in [0.2, 0.25) is 0 Å². The van der Waals surface area contributed by atoms with Crippen molar-refractivity contribution >= 4 is 92.1 Å². The summed E-state index contributed by atoms with van der Waals surface area (Å²) in [5.41, 5.74) is 12.3. The lowest BCUT2D eigenvalue weighted by Crippen LogP contribution is -2.11. The number of nitrogens with zero attached hydrogens (tertiary/aromatic N) is 1. The summed E-state index contributed by atoms with van der Waals surface area (Å²) in [4.78, 5) is 2.47. The van der Waals surface area contributed by atoms with Gasteiger partial charge >= 0.3 is 0 Å². The monoisotopic (exact) mass is 769 g/mol. The van der Waals surface area contributed by atoms with Crippen molar-refractivity contribution in [3.8, 4) is 33.4 Å². The molecular weight excluding hydrogens is 735 g/mol. The van der Waals surface area contributed by atoms with Gasteiger partial charge in [0.05, 0.1) is 16.1 Å². The lowest BCUT2D eigenvalue weighted by Gasteiger charge is -2.28. The maximum Gasteiger partial charge on any atom is 0.143 e. The summed E-state index contributed by atoms with van der Waals surface area (Å²) < 4.78 is 9.04. The minimum atomic E-state index is 0.906. The van der Waals surface area contributed by atoms with Crippen LogP contribution in [0.5, 0.6) is 0 Å². The fourth-order valence-corrected chi connectivity index (χ4v) is 10.5. The summed E-state index contributed by atoms with van der Waals surface area (Å²) in [7, 11) is 0. The Hall–Kier alpha value is -7.46. The van der Waals surface area contributed by atoms with Crippen molar-refractivity contribution in [3.63, 3.8) is 0 Å². The van der Waals surface area contributed by atoms with Gasteiger partial charge < -0.3 is 9.32 Å². The first-order valence-electron chi connectivity index (χ1n) is 20.1. The Morgan fingerprint density at radius 1 is 0.322 bits per heavy atom. The van der Waals surface area contributed by atoms with Crippen LogP contribution in [0, 0.1) is 0 Å². The number of hydrogen-bond acceptors (Lipinski definition) is 3. The molecule has 0 amide bonds. The minimum Gasteiger partial charge on any atom is -0.455 e. The molecule has 3 heteroatoms. The normalized spacial score (nSPS) is 11.7. The molecule has 0 aliphatic rings. The molecule has 0 atom stereocenters.